The molecule has 0 fully saturated rings. The van der Waals surface area contributed by atoms with Gasteiger partial charge in [-0.1, -0.05) is 6.07 Å². The standard InChI is InChI=1S/C13H13N5O/c1-10-4-5-11(18-9-15-16-17-18)7-13(10)14-8-12-3-2-6-19-12/h2-7,9,14H,8H2,1H3. The van der Waals surface area contributed by atoms with Crippen molar-refractivity contribution in [3.8, 4) is 5.69 Å². The third kappa shape index (κ3) is 2.47. The zero-order valence-corrected chi connectivity index (χ0v) is 10.4. The largest absolute Gasteiger partial charge is 0.467 e. The van der Waals surface area contributed by atoms with E-state index in [1.807, 2.05) is 37.3 Å². The fourth-order valence-corrected chi connectivity index (χ4v) is 1.82. The lowest BCUT2D eigenvalue weighted by molar-refractivity contribution is 0.518. The molecular formula is C13H13N5O. The molecule has 0 aliphatic rings. The summed E-state index contributed by atoms with van der Waals surface area (Å²) in [6.45, 7) is 2.70. The molecule has 3 rings (SSSR count). The Kier molecular flexibility index (Phi) is 2.97. The van der Waals surface area contributed by atoms with Gasteiger partial charge in [0, 0.05) is 5.69 Å². The summed E-state index contributed by atoms with van der Waals surface area (Å²) in [5.74, 6) is 0.896. The van der Waals surface area contributed by atoms with E-state index in [9.17, 15) is 0 Å². The Hall–Kier alpha value is -2.63. The first-order chi connectivity index (χ1) is 9.33. The fraction of sp³-hybridized carbons (Fsp3) is 0.154. The average molecular weight is 255 g/mol. The number of furan rings is 1. The van der Waals surface area contributed by atoms with Gasteiger partial charge in [0.1, 0.15) is 12.1 Å². The first kappa shape index (κ1) is 11.5. The van der Waals surface area contributed by atoms with Crippen molar-refractivity contribution in [3.63, 3.8) is 0 Å². The smallest absolute Gasteiger partial charge is 0.143 e. The van der Waals surface area contributed by atoms with Crippen LogP contribution in [0.25, 0.3) is 5.69 Å². The monoisotopic (exact) mass is 255 g/mol. The van der Waals surface area contributed by atoms with Gasteiger partial charge in [0.25, 0.3) is 0 Å². The molecule has 0 radical (unpaired) electrons. The molecule has 19 heavy (non-hydrogen) atoms. The quantitative estimate of drug-likeness (QED) is 0.773. The first-order valence-corrected chi connectivity index (χ1v) is 5.93. The van der Waals surface area contributed by atoms with Crippen molar-refractivity contribution in [2.24, 2.45) is 0 Å². The van der Waals surface area contributed by atoms with Crippen LogP contribution in [0.15, 0.2) is 47.3 Å². The van der Waals surface area contributed by atoms with Gasteiger partial charge in [-0.3, -0.25) is 0 Å². The molecule has 0 atom stereocenters. The molecule has 3 aromatic rings. The van der Waals surface area contributed by atoms with Crippen molar-refractivity contribution in [1.82, 2.24) is 20.2 Å². The number of aromatic nitrogens is 4. The topological polar surface area (TPSA) is 68.8 Å². The van der Waals surface area contributed by atoms with Crippen molar-refractivity contribution in [1.29, 1.82) is 0 Å². The second-order valence-electron chi connectivity index (χ2n) is 4.19. The number of anilines is 1. The van der Waals surface area contributed by atoms with Gasteiger partial charge in [0.15, 0.2) is 0 Å². The molecular weight excluding hydrogens is 242 g/mol. The van der Waals surface area contributed by atoms with Crippen LogP contribution in [0, 0.1) is 6.92 Å². The van der Waals surface area contributed by atoms with Crippen LogP contribution >= 0.6 is 0 Å². The number of rotatable bonds is 4. The van der Waals surface area contributed by atoms with Crippen LogP contribution in [0.2, 0.25) is 0 Å². The summed E-state index contributed by atoms with van der Waals surface area (Å²) in [5.41, 5.74) is 3.10. The molecule has 96 valence electrons. The van der Waals surface area contributed by atoms with Crippen molar-refractivity contribution >= 4 is 5.69 Å². The van der Waals surface area contributed by atoms with Crippen molar-refractivity contribution in [2.45, 2.75) is 13.5 Å². The van der Waals surface area contributed by atoms with Crippen LogP contribution in [0.4, 0.5) is 5.69 Å². The van der Waals surface area contributed by atoms with Gasteiger partial charge < -0.3 is 9.73 Å². The minimum Gasteiger partial charge on any atom is -0.467 e. The molecule has 2 heterocycles. The van der Waals surface area contributed by atoms with E-state index in [4.69, 9.17) is 4.42 Å². The number of hydrogen-bond donors (Lipinski definition) is 1. The summed E-state index contributed by atoms with van der Waals surface area (Å²) >= 11 is 0. The SMILES string of the molecule is Cc1ccc(-n2cnnn2)cc1NCc1ccco1. The molecule has 0 aliphatic heterocycles. The van der Waals surface area contributed by atoms with Gasteiger partial charge in [-0.05, 0) is 47.2 Å². The summed E-state index contributed by atoms with van der Waals surface area (Å²) in [6, 6.07) is 9.83. The van der Waals surface area contributed by atoms with E-state index in [2.05, 4.69) is 20.8 Å². The number of hydrogen-bond acceptors (Lipinski definition) is 5. The molecule has 0 spiro atoms. The molecule has 6 nitrogen and oxygen atoms in total. The molecule has 0 aliphatic carbocycles. The molecule has 1 N–H and O–H groups in total. The average Bonchev–Trinajstić information content (AvgIpc) is 3.11. The third-order valence-electron chi connectivity index (χ3n) is 2.87. The maximum absolute atomic E-state index is 5.30. The van der Waals surface area contributed by atoms with E-state index < -0.39 is 0 Å². The van der Waals surface area contributed by atoms with Gasteiger partial charge in [0.05, 0.1) is 18.5 Å². The van der Waals surface area contributed by atoms with Gasteiger partial charge >= 0.3 is 0 Å². The molecule has 0 amide bonds. The second-order valence-corrected chi connectivity index (χ2v) is 4.19. The number of benzene rings is 1. The van der Waals surface area contributed by atoms with Crippen LogP contribution in [0.5, 0.6) is 0 Å². The Balaban J connectivity index is 1.82. The van der Waals surface area contributed by atoms with Crippen LogP contribution in [-0.4, -0.2) is 20.2 Å². The van der Waals surface area contributed by atoms with E-state index in [1.165, 1.54) is 0 Å². The lowest BCUT2D eigenvalue weighted by Crippen LogP contribution is -2.02. The summed E-state index contributed by atoms with van der Waals surface area (Å²) in [6.07, 6.45) is 3.24. The van der Waals surface area contributed by atoms with Crippen LogP contribution in [-0.2, 0) is 6.54 Å². The number of nitrogens with one attached hydrogen (secondary N) is 1. The molecule has 0 saturated carbocycles. The summed E-state index contributed by atoms with van der Waals surface area (Å²) in [7, 11) is 0. The zero-order chi connectivity index (χ0) is 13.1. The predicted octanol–water partition coefficient (Wildman–Crippen LogP) is 2.18. The van der Waals surface area contributed by atoms with Crippen LogP contribution < -0.4 is 5.32 Å². The minimum atomic E-state index is 0.646. The summed E-state index contributed by atoms with van der Waals surface area (Å²) < 4.78 is 6.92. The highest BCUT2D eigenvalue weighted by Gasteiger charge is 2.04. The second kappa shape index (κ2) is 4.93. The Morgan fingerprint density at radius 2 is 2.26 bits per heavy atom. The lowest BCUT2D eigenvalue weighted by Gasteiger charge is -2.10. The Morgan fingerprint density at radius 3 is 3.00 bits per heavy atom. The molecule has 6 heteroatoms. The third-order valence-corrected chi connectivity index (χ3v) is 2.87. The van der Waals surface area contributed by atoms with Gasteiger partial charge in [-0.25, -0.2) is 4.68 Å². The van der Waals surface area contributed by atoms with E-state index >= 15 is 0 Å². The highest BCUT2D eigenvalue weighted by molar-refractivity contribution is 5.56. The van der Waals surface area contributed by atoms with Crippen molar-refractivity contribution in [3.05, 3.63) is 54.2 Å². The van der Waals surface area contributed by atoms with Crippen LogP contribution in [0.3, 0.4) is 0 Å². The highest BCUT2D eigenvalue weighted by atomic mass is 16.3. The fourth-order valence-electron chi connectivity index (χ4n) is 1.82. The molecule has 0 unspecified atom stereocenters. The Labute approximate surface area is 110 Å². The maximum Gasteiger partial charge on any atom is 0.143 e. The molecule has 0 bridgehead atoms. The first-order valence-electron chi connectivity index (χ1n) is 5.93. The van der Waals surface area contributed by atoms with Gasteiger partial charge in [0.2, 0.25) is 0 Å². The molecule has 0 saturated heterocycles. The summed E-state index contributed by atoms with van der Waals surface area (Å²) in [4.78, 5) is 0. The van der Waals surface area contributed by atoms with E-state index in [0.717, 1.165) is 22.7 Å². The zero-order valence-electron chi connectivity index (χ0n) is 10.4. The highest BCUT2D eigenvalue weighted by Crippen LogP contribution is 2.19. The normalized spacial score (nSPS) is 10.6. The Bertz CT molecular complexity index is 646. The number of aryl methyl sites for hydroxylation is 1. The summed E-state index contributed by atoms with van der Waals surface area (Å²) in [5, 5.41) is 14.5. The molecule has 2 aromatic heterocycles. The van der Waals surface area contributed by atoms with Gasteiger partial charge in [-0.15, -0.1) is 5.10 Å². The van der Waals surface area contributed by atoms with Crippen molar-refractivity contribution in [2.75, 3.05) is 5.32 Å². The predicted molar refractivity (Wildman–Crippen MR) is 69.9 cm³/mol. The minimum absolute atomic E-state index is 0.646. The lowest BCUT2D eigenvalue weighted by atomic mass is 10.2. The molecule has 1 aromatic carbocycles. The van der Waals surface area contributed by atoms with E-state index in [1.54, 1.807) is 17.3 Å². The van der Waals surface area contributed by atoms with E-state index in [-0.39, 0.29) is 0 Å². The van der Waals surface area contributed by atoms with Crippen LogP contribution in [0.1, 0.15) is 11.3 Å². The number of tetrazole rings is 1. The van der Waals surface area contributed by atoms with Gasteiger partial charge in [-0.2, -0.15) is 0 Å². The number of nitrogens with zero attached hydrogens (tertiary/aromatic N) is 4. The maximum atomic E-state index is 5.30. The Morgan fingerprint density at radius 1 is 1.32 bits per heavy atom. The van der Waals surface area contributed by atoms with Crippen molar-refractivity contribution < 1.29 is 4.42 Å². The van der Waals surface area contributed by atoms with E-state index in [0.29, 0.717) is 6.54 Å².